The smallest absolute Gasteiger partial charge is 0.238 e. The first-order chi connectivity index (χ1) is 12.5. The van der Waals surface area contributed by atoms with Crippen LogP contribution in [0.15, 0.2) is 24.4 Å². The average molecular weight is 469 g/mol. The summed E-state index contributed by atoms with van der Waals surface area (Å²) in [5.41, 5.74) is 2.64. The molecular weight excluding hydrogens is 445 g/mol. The van der Waals surface area contributed by atoms with Crippen LogP contribution in [0.2, 0.25) is 0 Å². The van der Waals surface area contributed by atoms with Crippen molar-refractivity contribution in [2.24, 2.45) is 7.05 Å². The summed E-state index contributed by atoms with van der Waals surface area (Å²) in [6.45, 7) is 4.26. The van der Waals surface area contributed by atoms with E-state index in [1.54, 1.807) is 7.11 Å². The molecule has 1 aliphatic heterocycles. The number of anilines is 1. The minimum Gasteiger partial charge on any atom is -0.496 e. The molecule has 26 heavy (non-hydrogen) atoms. The van der Waals surface area contributed by atoms with Crippen LogP contribution in [0.4, 0.5) is 5.69 Å². The number of rotatable bonds is 5. The number of piperazine rings is 1. The molecule has 8 heteroatoms. The zero-order valence-electron chi connectivity index (χ0n) is 15.3. The Morgan fingerprint density at radius 2 is 2.00 bits per heavy atom. The number of likely N-dealkylation sites (N-methyl/N-ethyl adjacent to an activating group) is 1. The van der Waals surface area contributed by atoms with Crippen molar-refractivity contribution in [2.75, 3.05) is 52.2 Å². The van der Waals surface area contributed by atoms with Crippen molar-refractivity contribution in [3.8, 4) is 17.0 Å². The van der Waals surface area contributed by atoms with Crippen molar-refractivity contribution in [1.29, 1.82) is 0 Å². The van der Waals surface area contributed by atoms with Gasteiger partial charge in [0.15, 0.2) is 0 Å². The Morgan fingerprint density at radius 1 is 1.27 bits per heavy atom. The van der Waals surface area contributed by atoms with E-state index >= 15 is 0 Å². The predicted octanol–water partition coefficient (Wildman–Crippen LogP) is 1.89. The number of hydrogen-bond acceptors (Lipinski definition) is 5. The van der Waals surface area contributed by atoms with E-state index in [0.717, 1.165) is 52.4 Å². The summed E-state index contributed by atoms with van der Waals surface area (Å²) < 4.78 is 8.35. The zero-order chi connectivity index (χ0) is 18.7. The highest BCUT2D eigenvalue weighted by Gasteiger charge is 2.18. The number of methoxy groups -OCH3 is 1. The highest BCUT2D eigenvalue weighted by atomic mass is 127. The highest BCUT2D eigenvalue weighted by Crippen LogP contribution is 2.34. The number of ether oxygens (including phenoxy) is 1. The number of hydrogen-bond donors (Lipinski definition) is 1. The molecule has 1 aromatic carbocycles. The summed E-state index contributed by atoms with van der Waals surface area (Å²) in [4.78, 5) is 16.9. The number of nitrogens with one attached hydrogen (secondary N) is 1. The maximum Gasteiger partial charge on any atom is 0.238 e. The largest absolute Gasteiger partial charge is 0.496 e. The van der Waals surface area contributed by atoms with Crippen molar-refractivity contribution in [3.63, 3.8) is 0 Å². The highest BCUT2D eigenvalue weighted by molar-refractivity contribution is 14.1. The standard InChI is InChI=1S/C18H24IN5O2/c1-22-6-8-24(9-7-22)12-17(25)21-13-4-5-16(26-3)14(10-13)18-15(19)11-20-23(18)2/h4-5,10-11H,6-9,12H2,1-3H3,(H,21,25). The fourth-order valence-corrected chi connectivity index (χ4v) is 3.86. The van der Waals surface area contributed by atoms with E-state index in [4.69, 9.17) is 4.74 Å². The number of halogens is 1. The van der Waals surface area contributed by atoms with Crippen LogP contribution in [0.5, 0.6) is 5.75 Å². The Morgan fingerprint density at radius 3 is 2.62 bits per heavy atom. The first kappa shape index (κ1) is 19.1. The van der Waals surface area contributed by atoms with Crippen LogP contribution in [0.1, 0.15) is 0 Å². The van der Waals surface area contributed by atoms with Crippen molar-refractivity contribution >= 4 is 34.2 Å². The molecule has 2 heterocycles. The van der Waals surface area contributed by atoms with E-state index in [0.29, 0.717) is 6.54 Å². The third kappa shape index (κ3) is 4.36. The Bertz CT molecular complexity index is 764. The minimum atomic E-state index is 0.00497. The van der Waals surface area contributed by atoms with Crippen LogP contribution >= 0.6 is 22.6 Å². The summed E-state index contributed by atoms with van der Waals surface area (Å²) in [5.74, 6) is 0.758. The average Bonchev–Trinajstić information content (AvgIpc) is 2.95. The van der Waals surface area contributed by atoms with E-state index in [-0.39, 0.29) is 5.91 Å². The van der Waals surface area contributed by atoms with Crippen LogP contribution < -0.4 is 10.1 Å². The SMILES string of the molecule is COc1ccc(NC(=O)CN2CCN(C)CC2)cc1-c1c(I)cnn1C. The van der Waals surface area contributed by atoms with Gasteiger partial charge in [-0.3, -0.25) is 14.4 Å². The second-order valence-corrected chi connectivity index (χ2v) is 7.67. The summed E-state index contributed by atoms with van der Waals surface area (Å²) >= 11 is 2.26. The van der Waals surface area contributed by atoms with Crippen LogP contribution in [0.25, 0.3) is 11.3 Å². The lowest BCUT2D eigenvalue weighted by molar-refractivity contribution is -0.117. The number of amides is 1. The van der Waals surface area contributed by atoms with Gasteiger partial charge in [0.2, 0.25) is 5.91 Å². The maximum absolute atomic E-state index is 12.4. The summed E-state index contributed by atoms with van der Waals surface area (Å²) in [7, 11) is 5.65. The molecule has 0 bridgehead atoms. The lowest BCUT2D eigenvalue weighted by Gasteiger charge is -2.31. The Hall–Kier alpha value is -1.65. The molecule has 0 aliphatic carbocycles. The summed E-state index contributed by atoms with van der Waals surface area (Å²) in [6.07, 6.45) is 1.81. The third-order valence-electron chi connectivity index (χ3n) is 4.60. The fourth-order valence-electron chi connectivity index (χ4n) is 3.09. The summed E-state index contributed by atoms with van der Waals surface area (Å²) in [5, 5.41) is 7.31. The molecule has 3 rings (SSSR count). The molecule has 1 aliphatic rings. The number of aromatic nitrogens is 2. The van der Waals surface area contributed by atoms with E-state index in [1.165, 1.54) is 0 Å². The molecule has 1 N–H and O–H groups in total. The van der Waals surface area contributed by atoms with Gasteiger partial charge >= 0.3 is 0 Å². The second-order valence-electron chi connectivity index (χ2n) is 6.51. The number of carbonyl (C=O) groups is 1. The molecule has 1 saturated heterocycles. The zero-order valence-corrected chi connectivity index (χ0v) is 17.5. The van der Waals surface area contributed by atoms with Gasteiger partial charge in [-0.1, -0.05) is 0 Å². The van der Waals surface area contributed by atoms with Gasteiger partial charge in [-0.25, -0.2) is 0 Å². The van der Waals surface area contributed by atoms with Crippen LogP contribution in [-0.4, -0.2) is 72.4 Å². The first-order valence-electron chi connectivity index (χ1n) is 8.54. The molecule has 140 valence electrons. The van der Waals surface area contributed by atoms with Gasteiger partial charge in [0.1, 0.15) is 5.75 Å². The molecule has 0 atom stereocenters. The molecule has 0 unspecified atom stereocenters. The number of aryl methyl sites for hydroxylation is 1. The van der Waals surface area contributed by atoms with Gasteiger partial charge in [0.25, 0.3) is 0 Å². The fraction of sp³-hybridized carbons (Fsp3) is 0.444. The topological polar surface area (TPSA) is 62.6 Å². The Kier molecular flexibility index (Phi) is 6.15. The van der Waals surface area contributed by atoms with Gasteiger partial charge in [-0.05, 0) is 47.8 Å². The number of carbonyl (C=O) groups excluding carboxylic acids is 1. The van der Waals surface area contributed by atoms with Gasteiger partial charge in [-0.15, -0.1) is 0 Å². The van der Waals surface area contributed by atoms with Gasteiger partial charge in [0, 0.05) is 44.5 Å². The summed E-state index contributed by atoms with van der Waals surface area (Å²) in [6, 6.07) is 5.69. The normalized spacial score (nSPS) is 15.8. The maximum atomic E-state index is 12.4. The quantitative estimate of drug-likeness (QED) is 0.678. The lowest BCUT2D eigenvalue weighted by atomic mass is 10.1. The van der Waals surface area contributed by atoms with E-state index in [2.05, 4.69) is 49.9 Å². The minimum absolute atomic E-state index is 0.00497. The first-order valence-corrected chi connectivity index (χ1v) is 9.62. The van der Waals surface area contributed by atoms with Crippen LogP contribution in [0.3, 0.4) is 0 Å². The van der Waals surface area contributed by atoms with Crippen LogP contribution in [0, 0.1) is 3.57 Å². The molecule has 0 spiro atoms. The van der Waals surface area contributed by atoms with E-state index in [9.17, 15) is 4.79 Å². The number of benzene rings is 1. The van der Waals surface area contributed by atoms with Gasteiger partial charge in [-0.2, -0.15) is 5.10 Å². The molecule has 1 fully saturated rings. The molecule has 0 radical (unpaired) electrons. The molecular formula is C18H24IN5O2. The molecule has 2 aromatic rings. The lowest BCUT2D eigenvalue weighted by Crippen LogP contribution is -2.47. The number of nitrogens with zero attached hydrogens (tertiary/aromatic N) is 4. The monoisotopic (exact) mass is 469 g/mol. The predicted molar refractivity (Wildman–Crippen MR) is 110 cm³/mol. The third-order valence-corrected chi connectivity index (χ3v) is 5.39. The second kappa shape index (κ2) is 8.36. The van der Waals surface area contributed by atoms with E-state index in [1.807, 2.05) is 36.1 Å². The molecule has 7 nitrogen and oxygen atoms in total. The molecule has 1 aromatic heterocycles. The Labute approximate surface area is 167 Å². The van der Waals surface area contributed by atoms with Crippen molar-refractivity contribution in [1.82, 2.24) is 19.6 Å². The van der Waals surface area contributed by atoms with Crippen LogP contribution in [-0.2, 0) is 11.8 Å². The Balaban J connectivity index is 1.74. The molecule has 0 saturated carbocycles. The molecule has 1 amide bonds. The van der Waals surface area contributed by atoms with Gasteiger partial charge in [0.05, 0.1) is 29.1 Å². The van der Waals surface area contributed by atoms with Gasteiger partial charge < -0.3 is 15.0 Å². The van der Waals surface area contributed by atoms with E-state index < -0.39 is 0 Å². The van der Waals surface area contributed by atoms with Crippen molar-refractivity contribution < 1.29 is 9.53 Å². The van der Waals surface area contributed by atoms with Crippen molar-refractivity contribution in [2.45, 2.75) is 0 Å². The van der Waals surface area contributed by atoms with Crippen molar-refractivity contribution in [3.05, 3.63) is 28.0 Å².